The van der Waals surface area contributed by atoms with Gasteiger partial charge in [0, 0.05) is 56.3 Å². The zero-order chi connectivity index (χ0) is 25.5. The van der Waals surface area contributed by atoms with Crippen LogP contribution in [-0.2, 0) is 0 Å². The molecule has 9 rings (SSSR count). The zero-order valence-electron chi connectivity index (χ0n) is 20.8. The molecule has 9 aromatic rings. The van der Waals surface area contributed by atoms with Gasteiger partial charge in [0.1, 0.15) is 5.65 Å². The lowest BCUT2D eigenvalue weighted by atomic mass is 10.1. The summed E-state index contributed by atoms with van der Waals surface area (Å²) in [7, 11) is 0. The molecule has 0 aliphatic heterocycles. The highest BCUT2D eigenvalue weighted by Crippen LogP contribution is 2.40. The lowest BCUT2D eigenvalue weighted by Crippen LogP contribution is -1.96. The van der Waals surface area contributed by atoms with Crippen molar-refractivity contribution in [2.75, 3.05) is 0 Å². The molecule has 39 heavy (non-hydrogen) atoms. The first kappa shape index (κ1) is 20.6. The van der Waals surface area contributed by atoms with E-state index < -0.39 is 0 Å². The molecule has 5 heterocycles. The first-order chi connectivity index (χ1) is 19.4. The third kappa shape index (κ3) is 2.73. The molecule has 0 aliphatic rings. The Labute approximate surface area is 222 Å². The number of benzene rings is 4. The quantitative estimate of drug-likeness (QED) is 0.260. The summed E-state index contributed by atoms with van der Waals surface area (Å²) in [5, 5.41) is 5.78. The molecule has 1 N–H and O–H groups in total. The normalized spacial score (nSPS) is 12.1. The van der Waals surface area contributed by atoms with Crippen molar-refractivity contribution >= 4 is 65.7 Å². The molecule has 0 radical (unpaired) electrons. The molecule has 5 aromatic heterocycles. The average molecular weight is 500 g/mol. The Kier molecular flexibility index (Phi) is 3.99. The van der Waals surface area contributed by atoms with E-state index in [-0.39, 0.29) is 0 Å². The van der Waals surface area contributed by atoms with Gasteiger partial charge in [-0.1, -0.05) is 54.6 Å². The van der Waals surface area contributed by atoms with Crippen LogP contribution in [0.2, 0.25) is 0 Å². The molecule has 4 aromatic carbocycles. The number of pyridine rings is 2. The third-order valence-electron chi connectivity index (χ3n) is 7.93. The molecule has 0 fully saturated rings. The van der Waals surface area contributed by atoms with Gasteiger partial charge in [-0.3, -0.25) is 9.55 Å². The summed E-state index contributed by atoms with van der Waals surface area (Å²) < 4.78 is 4.63. The van der Waals surface area contributed by atoms with Crippen LogP contribution >= 0.6 is 0 Å². The predicted molar refractivity (Wildman–Crippen MR) is 160 cm³/mol. The van der Waals surface area contributed by atoms with Crippen molar-refractivity contribution in [1.29, 1.82) is 0 Å². The summed E-state index contributed by atoms with van der Waals surface area (Å²) >= 11 is 0. The summed E-state index contributed by atoms with van der Waals surface area (Å²) in [5.41, 5.74) is 9.69. The van der Waals surface area contributed by atoms with Crippen LogP contribution in [0.1, 0.15) is 0 Å². The van der Waals surface area contributed by atoms with E-state index in [0.717, 1.165) is 60.9 Å². The summed E-state index contributed by atoms with van der Waals surface area (Å²) in [5.74, 6) is 0. The number of para-hydroxylation sites is 3. The molecule has 0 saturated heterocycles. The van der Waals surface area contributed by atoms with Gasteiger partial charge < -0.3 is 9.55 Å². The molecule has 0 amide bonds. The number of aromatic amines is 1. The van der Waals surface area contributed by atoms with Crippen molar-refractivity contribution in [2.24, 2.45) is 0 Å². The molecule has 182 valence electrons. The van der Waals surface area contributed by atoms with Crippen LogP contribution in [0.5, 0.6) is 0 Å². The minimum absolute atomic E-state index is 0.937. The minimum atomic E-state index is 0.937. The maximum absolute atomic E-state index is 5.07. The van der Waals surface area contributed by atoms with Gasteiger partial charge in [-0.05, 0) is 54.6 Å². The number of nitrogens with zero attached hydrogens (tertiary/aromatic N) is 4. The van der Waals surface area contributed by atoms with Crippen LogP contribution in [0.25, 0.3) is 77.1 Å². The van der Waals surface area contributed by atoms with Crippen LogP contribution in [0.15, 0.2) is 122 Å². The van der Waals surface area contributed by atoms with Crippen molar-refractivity contribution in [3.8, 4) is 11.4 Å². The van der Waals surface area contributed by atoms with Crippen LogP contribution in [0.4, 0.5) is 0 Å². The van der Waals surface area contributed by atoms with E-state index in [4.69, 9.17) is 9.97 Å². The lowest BCUT2D eigenvalue weighted by molar-refractivity contribution is 1.14. The van der Waals surface area contributed by atoms with Crippen LogP contribution < -0.4 is 0 Å². The third-order valence-corrected chi connectivity index (χ3v) is 7.93. The summed E-state index contributed by atoms with van der Waals surface area (Å²) in [6.45, 7) is 0. The van der Waals surface area contributed by atoms with Gasteiger partial charge >= 0.3 is 0 Å². The van der Waals surface area contributed by atoms with Gasteiger partial charge in [-0.25, -0.2) is 4.98 Å². The van der Waals surface area contributed by atoms with Crippen molar-refractivity contribution < 1.29 is 0 Å². The maximum Gasteiger partial charge on any atom is 0.147 e. The van der Waals surface area contributed by atoms with Gasteiger partial charge in [0.2, 0.25) is 0 Å². The summed E-state index contributed by atoms with van der Waals surface area (Å²) in [6, 6.07) is 38.4. The average Bonchev–Trinajstić information content (AvgIpc) is 3.64. The fourth-order valence-electron chi connectivity index (χ4n) is 6.30. The van der Waals surface area contributed by atoms with Gasteiger partial charge in [-0.2, -0.15) is 0 Å². The fourth-order valence-corrected chi connectivity index (χ4v) is 6.30. The number of hydrogen-bond donors (Lipinski definition) is 1. The second-order valence-electron chi connectivity index (χ2n) is 10.0. The van der Waals surface area contributed by atoms with Gasteiger partial charge in [0.15, 0.2) is 0 Å². The van der Waals surface area contributed by atoms with Crippen LogP contribution in [-0.4, -0.2) is 24.1 Å². The first-order valence-corrected chi connectivity index (χ1v) is 13.1. The SMILES string of the molecule is c1ccc(-n2c3ccccc3c3c2ncc2c4ncccc4n(-c4ccc5[nH]c6ccccc6c5c4)c23)cc1. The largest absolute Gasteiger partial charge is 0.355 e. The molecule has 0 atom stereocenters. The van der Waals surface area contributed by atoms with E-state index in [0.29, 0.717) is 0 Å². The molecule has 0 saturated carbocycles. The second-order valence-corrected chi connectivity index (χ2v) is 10.0. The van der Waals surface area contributed by atoms with Gasteiger partial charge in [-0.15, -0.1) is 0 Å². The van der Waals surface area contributed by atoms with Crippen molar-refractivity contribution in [1.82, 2.24) is 24.1 Å². The molecular weight excluding hydrogens is 478 g/mol. The Bertz CT molecular complexity index is 2390. The second kappa shape index (κ2) is 7.55. The van der Waals surface area contributed by atoms with E-state index in [2.05, 4.69) is 111 Å². The van der Waals surface area contributed by atoms with E-state index in [9.17, 15) is 0 Å². The van der Waals surface area contributed by atoms with Crippen molar-refractivity contribution in [3.63, 3.8) is 0 Å². The molecule has 5 nitrogen and oxygen atoms in total. The Balaban J connectivity index is 1.49. The standard InChI is InChI=1S/C34H21N5/c1-2-9-21(10-3-1)39-29-14-7-5-12-24(29)31-33-26(20-36-34(31)39)32-30(15-8-18-35-32)38(33)22-16-17-28-25(19-22)23-11-4-6-13-27(23)37-28/h1-20,37H. The highest BCUT2D eigenvalue weighted by Gasteiger charge is 2.22. The highest BCUT2D eigenvalue weighted by molar-refractivity contribution is 6.24. The van der Waals surface area contributed by atoms with Crippen molar-refractivity contribution in [3.05, 3.63) is 122 Å². The number of nitrogens with one attached hydrogen (secondary N) is 1. The molecule has 0 spiro atoms. The minimum Gasteiger partial charge on any atom is -0.355 e. The Hall–Kier alpha value is -5.42. The lowest BCUT2D eigenvalue weighted by Gasteiger charge is -2.10. The highest BCUT2D eigenvalue weighted by atomic mass is 15.1. The van der Waals surface area contributed by atoms with E-state index in [1.807, 2.05) is 24.5 Å². The number of fused-ring (bicyclic) bond motifs is 10. The summed E-state index contributed by atoms with van der Waals surface area (Å²) in [6.07, 6.45) is 3.86. The van der Waals surface area contributed by atoms with E-state index in [1.165, 1.54) is 16.2 Å². The summed E-state index contributed by atoms with van der Waals surface area (Å²) in [4.78, 5) is 13.5. The molecule has 0 aliphatic carbocycles. The predicted octanol–water partition coefficient (Wildman–Crippen LogP) is 8.31. The number of aromatic nitrogens is 5. The smallest absolute Gasteiger partial charge is 0.147 e. The first-order valence-electron chi connectivity index (χ1n) is 13.1. The van der Waals surface area contributed by atoms with Crippen molar-refractivity contribution in [2.45, 2.75) is 0 Å². The Morgan fingerprint density at radius 2 is 1.31 bits per heavy atom. The van der Waals surface area contributed by atoms with E-state index >= 15 is 0 Å². The topological polar surface area (TPSA) is 51.4 Å². The van der Waals surface area contributed by atoms with Crippen LogP contribution in [0, 0.1) is 0 Å². The number of hydrogen-bond acceptors (Lipinski definition) is 2. The number of H-pyrrole nitrogens is 1. The fraction of sp³-hybridized carbons (Fsp3) is 0. The Morgan fingerprint density at radius 1 is 0.538 bits per heavy atom. The number of rotatable bonds is 2. The van der Waals surface area contributed by atoms with Gasteiger partial charge in [0.25, 0.3) is 0 Å². The molecule has 0 unspecified atom stereocenters. The monoisotopic (exact) mass is 499 g/mol. The van der Waals surface area contributed by atoms with Gasteiger partial charge in [0.05, 0.1) is 27.5 Å². The zero-order valence-corrected chi connectivity index (χ0v) is 20.8. The molecular formula is C34H21N5. The Morgan fingerprint density at radius 3 is 2.23 bits per heavy atom. The van der Waals surface area contributed by atoms with E-state index in [1.54, 1.807) is 0 Å². The molecule has 0 bridgehead atoms. The van der Waals surface area contributed by atoms with Crippen LogP contribution in [0.3, 0.4) is 0 Å². The molecule has 5 heteroatoms. The maximum atomic E-state index is 5.07.